The van der Waals surface area contributed by atoms with Gasteiger partial charge in [0.2, 0.25) is 0 Å². The fourth-order valence-corrected chi connectivity index (χ4v) is 1.87. The smallest absolute Gasteiger partial charge is 0.338 e. The van der Waals surface area contributed by atoms with E-state index in [-0.39, 0.29) is 5.97 Å². The lowest BCUT2D eigenvalue weighted by Crippen LogP contribution is -2.07. The van der Waals surface area contributed by atoms with Gasteiger partial charge < -0.3 is 4.74 Å². The Kier molecular flexibility index (Phi) is 4.29. The number of hydrogen-bond acceptors (Lipinski definition) is 3. The highest BCUT2D eigenvalue weighted by Gasteiger charge is 2.11. The molecule has 0 aliphatic heterocycles. The van der Waals surface area contributed by atoms with E-state index >= 15 is 0 Å². The number of carbonyl (C=O) groups is 1. The van der Waals surface area contributed by atoms with Crippen LogP contribution in [0.3, 0.4) is 0 Å². The van der Waals surface area contributed by atoms with Gasteiger partial charge in [-0.1, -0.05) is 38.0 Å². The third-order valence-corrected chi connectivity index (χ3v) is 2.85. The maximum atomic E-state index is 12.0. The number of pyridine rings is 1. The third-order valence-electron chi connectivity index (χ3n) is 2.85. The van der Waals surface area contributed by atoms with Crippen molar-refractivity contribution in [3.05, 3.63) is 42.1 Å². The summed E-state index contributed by atoms with van der Waals surface area (Å²) in [7, 11) is 0. The van der Waals surface area contributed by atoms with Crippen molar-refractivity contribution in [2.75, 3.05) is 6.61 Å². The standard InChI is InChI=1S/C15H17NO2/c1-2-3-6-11-18-15(17)13-9-10-16-14-8-5-4-7-12(13)14/h4-5,7-10H,2-3,6,11H2,1H3. The largest absolute Gasteiger partial charge is 0.462 e. The average molecular weight is 243 g/mol. The van der Waals surface area contributed by atoms with Gasteiger partial charge in [-0.05, 0) is 18.6 Å². The summed E-state index contributed by atoms with van der Waals surface area (Å²) in [6, 6.07) is 9.31. The van der Waals surface area contributed by atoms with Gasteiger partial charge in [-0.25, -0.2) is 4.79 Å². The molecule has 0 saturated heterocycles. The second kappa shape index (κ2) is 6.15. The maximum absolute atomic E-state index is 12.0. The van der Waals surface area contributed by atoms with Crippen LogP contribution in [0.15, 0.2) is 36.5 Å². The van der Waals surface area contributed by atoms with Crippen LogP contribution in [0.1, 0.15) is 36.5 Å². The number of para-hydroxylation sites is 1. The molecule has 1 heterocycles. The van der Waals surface area contributed by atoms with Crippen LogP contribution < -0.4 is 0 Å². The Balaban J connectivity index is 2.13. The molecule has 3 nitrogen and oxygen atoms in total. The van der Waals surface area contributed by atoms with Crippen molar-refractivity contribution < 1.29 is 9.53 Å². The number of hydrogen-bond donors (Lipinski definition) is 0. The minimum Gasteiger partial charge on any atom is -0.462 e. The number of fused-ring (bicyclic) bond motifs is 1. The van der Waals surface area contributed by atoms with Gasteiger partial charge in [0, 0.05) is 11.6 Å². The van der Waals surface area contributed by atoms with Gasteiger partial charge in [0.1, 0.15) is 0 Å². The molecule has 94 valence electrons. The lowest BCUT2D eigenvalue weighted by Gasteiger charge is -2.06. The normalized spacial score (nSPS) is 10.5. The van der Waals surface area contributed by atoms with Gasteiger partial charge in [0.15, 0.2) is 0 Å². The van der Waals surface area contributed by atoms with Crippen molar-refractivity contribution in [2.24, 2.45) is 0 Å². The van der Waals surface area contributed by atoms with E-state index in [0.717, 1.165) is 30.2 Å². The number of ether oxygens (including phenoxy) is 1. The van der Waals surface area contributed by atoms with E-state index in [1.807, 2.05) is 24.3 Å². The summed E-state index contributed by atoms with van der Waals surface area (Å²) in [5, 5.41) is 0.848. The van der Waals surface area contributed by atoms with Crippen LogP contribution in [0.2, 0.25) is 0 Å². The first-order valence-electron chi connectivity index (χ1n) is 6.34. The highest BCUT2D eigenvalue weighted by molar-refractivity contribution is 6.03. The quantitative estimate of drug-likeness (QED) is 0.595. The predicted octanol–water partition coefficient (Wildman–Crippen LogP) is 3.58. The van der Waals surface area contributed by atoms with E-state index < -0.39 is 0 Å². The highest BCUT2D eigenvalue weighted by atomic mass is 16.5. The molecule has 0 aliphatic carbocycles. The van der Waals surface area contributed by atoms with Crippen molar-refractivity contribution >= 4 is 16.9 Å². The average Bonchev–Trinajstić information content (AvgIpc) is 2.43. The topological polar surface area (TPSA) is 39.2 Å². The Morgan fingerprint density at radius 3 is 2.89 bits per heavy atom. The van der Waals surface area contributed by atoms with Gasteiger partial charge >= 0.3 is 5.97 Å². The molecular weight excluding hydrogens is 226 g/mol. The number of nitrogens with zero attached hydrogens (tertiary/aromatic N) is 1. The molecule has 0 spiro atoms. The van der Waals surface area contributed by atoms with E-state index in [4.69, 9.17) is 4.74 Å². The minimum atomic E-state index is -0.260. The van der Waals surface area contributed by atoms with E-state index in [9.17, 15) is 4.79 Å². The summed E-state index contributed by atoms with van der Waals surface area (Å²) in [5.74, 6) is -0.260. The molecule has 0 atom stereocenters. The maximum Gasteiger partial charge on any atom is 0.338 e. The Bertz CT molecular complexity index is 532. The second-order valence-electron chi connectivity index (χ2n) is 4.22. The fraction of sp³-hybridized carbons (Fsp3) is 0.333. The summed E-state index contributed by atoms with van der Waals surface area (Å²) in [5.41, 5.74) is 1.41. The zero-order chi connectivity index (χ0) is 12.8. The second-order valence-corrected chi connectivity index (χ2v) is 4.22. The van der Waals surface area contributed by atoms with Gasteiger partial charge in [0.25, 0.3) is 0 Å². The summed E-state index contributed by atoms with van der Waals surface area (Å²) >= 11 is 0. The third kappa shape index (κ3) is 2.86. The van der Waals surface area contributed by atoms with Crippen molar-refractivity contribution in [1.29, 1.82) is 0 Å². The van der Waals surface area contributed by atoms with Crippen LogP contribution in [0, 0.1) is 0 Å². The molecule has 1 aromatic heterocycles. The molecule has 3 heteroatoms. The van der Waals surface area contributed by atoms with E-state index in [1.165, 1.54) is 0 Å². The lowest BCUT2D eigenvalue weighted by atomic mass is 10.1. The number of benzene rings is 1. The SMILES string of the molecule is CCCCCOC(=O)c1ccnc2ccccc12. The Morgan fingerprint density at radius 2 is 2.06 bits per heavy atom. The molecule has 1 aromatic carbocycles. The molecule has 0 bridgehead atoms. The molecule has 0 unspecified atom stereocenters. The number of rotatable bonds is 5. The molecule has 2 aromatic rings. The van der Waals surface area contributed by atoms with E-state index in [0.29, 0.717) is 12.2 Å². The monoisotopic (exact) mass is 243 g/mol. The number of unbranched alkanes of at least 4 members (excludes halogenated alkanes) is 2. The summed E-state index contributed by atoms with van der Waals surface area (Å²) in [6.45, 7) is 2.61. The van der Waals surface area contributed by atoms with Crippen molar-refractivity contribution in [3.8, 4) is 0 Å². The minimum absolute atomic E-state index is 0.260. The zero-order valence-electron chi connectivity index (χ0n) is 10.6. The molecule has 0 radical (unpaired) electrons. The summed E-state index contributed by atoms with van der Waals surface area (Å²) in [6.07, 6.45) is 4.77. The van der Waals surface area contributed by atoms with Crippen molar-refractivity contribution in [2.45, 2.75) is 26.2 Å². The summed E-state index contributed by atoms with van der Waals surface area (Å²) in [4.78, 5) is 16.2. The first-order chi connectivity index (χ1) is 8.83. The Hall–Kier alpha value is -1.90. The molecule has 0 aliphatic rings. The molecule has 0 saturated carbocycles. The number of aromatic nitrogens is 1. The molecule has 0 fully saturated rings. The van der Waals surface area contributed by atoms with Gasteiger partial charge in [0.05, 0.1) is 17.7 Å². The predicted molar refractivity (Wildman–Crippen MR) is 71.6 cm³/mol. The first-order valence-corrected chi connectivity index (χ1v) is 6.34. The van der Waals surface area contributed by atoms with Crippen LogP contribution >= 0.6 is 0 Å². The summed E-state index contributed by atoms with van der Waals surface area (Å²) < 4.78 is 5.27. The molecular formula is C15H17NO2. The molecule has 2 rings (SSSR count). The Morgan fingerprint density at radius 1 is 1.22 bits per heavy atom. The fourth-order valence-electron chi connectivity index (χ4n) is 1.87. The number of carbonyl (C=O) groups excluding carboxylic acids is 1. The first kappa shape index (κ1) is 12.6. The number of esters is 1. The lowest BCUT2D eigenvalue weighted by molar-refractivity contribution is 0.0500. The highest BCUT2D eigenvalue weighted by Crippen LogP contribution is 2.17. The van der Waals surface area contributed by atoms with Crippen LogP contribution in [0.25, 0.3) is 10.9 Å². The van der Waals surface area contributed by atoms with Crippen molar-refractivity contribution in [3.63, 3.8) is 0 Å². The van der Waals surface area contributed by atoms with Crippen LogP contribution in [0.4, 0.5) is 0 Å². The molecule has 0 amide bonds. The van der Waals surface area contributed by atoms with Crippen LogP contribution in [-0.2, 0) is 4.74 Å². The van der Waals surface area contributed by atoms with Crippen LogP contribution in [-0.4, -0.2) is 17.6 Å². The zero-order valence-corrected chi connectivity index (χ0v) is 10.6. The van der Waals surface area contributed by atoms with Crippen molar-refractivity contribution in [1.82, 2.24) is 4.98 Å². The van der Waals surface area contributed by atoms with Crippen LogP contribution in [0.5, 0.6) is 0 Å². The van der Waals surface area contributed by atoms with E-state index in [1.54, 1.807) is 12.3 Å². The van der Waals surface area contributed by atoms with E-state index in [2.05, 4.69) is 11.9 Å². The Labute approximate surface area is 107 Å². The molecule has 0 N–H and O–H groups in total. The van der Waals surface area contributed by atoms with Gasteiger partial charge in [-0.15, -0.1) is 0 Å². The molecule has 18 heavy (non-hydrogen) atoms. The van der Waals surface area contributed by atoms with Gasteiger partial charge in [-0.2, -0.15) is 0 Å². The van der Waals surface area contributed by atoms with Gasteiger partial charge in [-0.3, -0.25) is 4.98 Å².